The molecule has 0 bridgehead atoms. The van der Waals surface area contributed by atoms with Gasteiger partial charge in [-0.3, -0.25) is 10.1 Å². The topological polar surface area (TPSA) is 41.1 Å². The number of amides is 1. The molecule has 0 aliphatic carbocycles. The molecule has 1 aliphatic rings. The van der Waals surface area contributed by atoms with E-state index >= 15 is 0 Å². The number of carbonyl (C=O) groups excluding carboxylic acids is 1. The second-order valence-corrected chi connectivity index (χ2v) is 1.93. The molecule has 0 spiro atoms. The van der Waals surface area contributed by atoms with Gasteiger partial charge in [0.1, 0.15) is 6.04 Å². The predicted octanol–water partition coefficient (Wildman–Crippen LogP) is -0.740. The lowest BCUT2D eigenvalue weighted by molar-refractivity contribution is -0.121. The Bertz CT molecular complexity index is 142. The molecule has 1 atom stereocenters. The highest BCUT2D eigenvalue weighted by atomic mass is 16.2. The molecule has 0 saturated carbocycles. The molecule has 3 heteroatoms. The highest BCUT2D eigenvalue weighted by Crippen LogP contribution is 1.92. The minimum atomic E-state index is -0.102. The molecule has 0 aromatic heterocycles. The van der Waals surface area contributed by atoms with Crippen LogP contribution >= 0.6 is 0 Å². The van der Waals surface area contributed by atoms with Gasteiger partial charge in [0.25, 0.3) is 0 Å². The third-order valence-corrected chi connectivity index (χ3v) is 1.31. The summed E-state index contributed by atoms with van der Waals surface area (Å²) in [5.41, 5.74) is 0. The van der Waals surface area contributed by atoms with E-state index in [0.717, 1.165) is 6.54 Å². The summed E-state index contributed by atoms with van der Waals surface area (Å²) in [6.07, 6.45) is 3.80. The van der Waals surface area contributed by atoms with Crippen LogP contribution in [0.2, 0.25) is 0 Å². The van der Waals surface area contributed by atoms with Crippen LogP contribution in [0.3, 0.4) is 0 Å². The van der Waals surface area contributed by atoms with Gasteiger partial charge in [0, 0.05) is 13.6 Å². The average molecular weight is 126 g/mol. The molecule has 2 N–H and O–H groups in total. The number of hydrogen-bond acceptors (Lipinski definition) is 2. The number of hydrogen-bond donors (Lipinski definition) is 2. The van der Waals surface area contributed by atoms with E-state index in [0.29, 0.717) is 0 Å². The fourth-order valence-electron chi connectivity index (χ4n) is 0.803. The van der Waals surface area contributed by atoms with Crippen LogP contribution in [0.25, 0.3) is 0 Å². The normalized spacial score (nSPS) is 24.3. The van der Waals surface area contributed by atoms with Gasteiger partial charge in [0.15, 0.2) is 0 Å². The Kier molecular flexibility index (Phi) is 1.85. The lowest BCUT2D eigenvalue weighted by Crippen LogP contribution is -2.38. The van der Waals surface area contributed by atoms with E-state index in [1.54, 1.807) is 7.05 Å². The number of rotatable bonds is 1. The Hall–Kier alpha value is -0.830. The van der Waals surface area contributed by atoms with E-state index in [1.807, 2.05) is 12.2 Å². The fraction of sp³-hybridized carbons (Fsp3) is 0.500. The number of likely N-dealkylation sites (N-methyl/N-ethyl adjacent to an activating group) is 1. The van der Waals surface area contributed by atoms with Gasteiger partial charge in [-0.1, -0.05) is 12.2 Å². The molecule has 1 amide bonds. The van der Waals surface area contributed by atoms with E-state index in [1.165, 1.54) is 0 Å². The van der Waals surface area contributed by atoms with Crippen LogP contribution in [0, 0.1) is 0 Å². The Morgan fingerprint density at radius 2 is 2.67 bits per heavy atom. The first-order valence-corrected chi connectivity index (χ1v) is 2.96. The van der Waals surface area contributed by atoms with Crippen LogP contribution in [0.4, 0.5) is 0 Å². The van der Waals surface area contributed by atoms with Crippen molar-refractivity contribution >= 4 is 5.91 Å². The zero-order valence-electron chi connectivity index (χ0n) is 5.35. The molecular formula is C6H10N2O. The molecule has 3 nitrogen and oxygen atoms in total. The maximum atomic E-state index is 10.8. The van der Waals surface area contributed by atoms with Gasteiger partial charge in [-0.2, -0.15) is 0 Å². The highest BCUT2D eigenvalue weighted by Gasteiger charge is 2.14. The third-order valence-electron chi connectivity index (χ3n) is 1.31. The molecule has 0 saturated heterocycles. The molecule has 1 aliphatic heterocycles. The van der Waals surface area contributed by atoms with E-state index < -0.39 is 0 Å². The first kappa shape index (κ1) is 6.29. The highest BCUT2D eigenvalue weighted by molar-refractivity contribution is 5.83. The van der Waals surface area contributed by atoms with Gasteiger partial charge in [0.2, 0.25) is 5.91 Å². The Balaban J connectivity index is 2.43. The summed E-state index contributed by atoms with van der Waals surface area (Å²) in [6.45, 7) is 0.804. The smallest absolute Gasteiger partial charge is 0.240 e. The van der Waals surface area contributed by atoms with Crippen molar-refractivity contribution in [2.45, 2.75) is 6.04 Å². The number of nitrogens with one attached hydrogen (secondary N) is 2. The molecule has 1 heterocycles. The van der Waals surface area contributed by atoms with Crippen molar-refractivity contribution in [3.05, 3.63) is 12.2 Å². The third kappa shape index (κ3) is 1.29. The van der Waals surface area contributed by atoms with Crippen LogP contribution in [0.5, 0.6) is 0 Å². The number of carbonyl (C=O) groups is 1. The monoisotopic (exact) mass is 126 g/mol. The summed E-state index contributed by atoms with van der Waals surface area (Å²) in [7, 11) is 1.64. The van der Waals surface area contributed by atoms with Gasteiger partial charge in [-0.15, -0.1) is 0 Å². The molecule has 1 rings (SSSR count). The summed E-state index contributed by atoms with van der Waals surface area (Å²) >= 11 is 0. The van der Waals surface area contributed by atoms with Crippen LogP contribution < -0.4 is 10.6 Å². The van der Waals surface area contributed by atoms with Crippen LogP contribution in [-0.2, 0) is 4.79 Å². The first-order chi connectivity index (χ1) is 4.34. The summed E-state index contributed by atoms with van der Waals surface area (Å²) in [4.78, 5) is 10.8. The standard InChI is InChI=1S/C6H10N2O/c1-7-6(9)5-3-2-4-8-5/h2-3,5,8H,4H2,1H3,(H,7,9). The second kappa shape index (κ2) is 2.64. The molecule has 9 heavy (non-hydrogen) atoms. The van der Waals surface area contributed by atoms with Crippen molar-refractivity contribution in [1.82, 2.24) is 10.6 Å². The average Bonchev–Trinajstić information content (AvgIpc) is 2.37. The zero-order valence-corrected chi connectivity index (χ0v) is 5.35. The van der Waals surface area contributed by atoms with Crippen LogP contribution in [0.1, 0.15) is 0 Å². The van der Waals surface area contributed by atoms with E-state index in [9.17, 15) is 4.79 Å². The molecule has 0 radical (unpaired) electrons. The summed E-state index contributed by atoms with van der Waals surface area (Å²) in [6, 6.07) is -0.102. The Labute approximate surface area is 54.1 Å². The van der Waals surface area contributed by atoms with Crippen LogP contribution in [0.15, 0.2) is 12.2 Å². The van der Waals surface area contributed by atoms with Gasteiger partial charge in [-0.25, -0.2) is 0 Å². The minimum Gasteiger partial charge on any atom is -0.358 e. The van der Waals surface area contributed by atoms with Crippen molar-refractivity contribution in [3.8, 4) is 0 Å². The predicted molar refractivity (Wildman–Crippen MR) is 35.0 cm³/mol. The van der Waals surface area contributed by atoms with Gasteiger partial charge in [0.05, 0.1) is 0 Å². The van der Waals surface area contributed by atoms with E-state index in [-0.39, 0.29) is 11.9 Å². The molecule has 0 aromatic rings. The largest absolute Gasteiger partial charge is 0.358 e. The van der Waals surface area contributed by atoms with Crippen LogP contribution in [-0.4, -0.2) is 25.5 Å². The molecule has 0 aromatic carbocycles. The SMILES string of the molecule is CNC(=O)C1C=CCN1. The second-order valence-electron chi connectivity index (χ2n) is 1.93. The first-order valence-electron chi connectivity index (χ1n) is 2.96. The van der Waals surface area contributed by atoms with Crippen molar-refractivity contribution < 1.29 is 4.79 Å². The van der Waals surface area contributed by atoms with Crippen molar-refractivity contribution in [2.75, 3.05) is 13.6 Å². The van der Waals surface area contributed by atoms with Crippen molar-refractivity contribution in [2.24, 2.45) is 0 Å². The fourth-order valence-corrected chi connectivity index (χ4v) is 0.803. The van der Waals surface area contributed by atoms with Gasteiger partial charge in [-0.05, 0) is 0 Å². The van der Waals surface area contributed by atoms with E-state index in [4.69, 9.17) is 0 Å². The molecule has 50 valence electrons. The molecule has 0 fully saturated rings. The Morgan fingerprint density at radius 1 is 1.89 bits per heavy atom. The van der Waals surface area contributed by atoms with Crippen molar-refractivity contribution in [1.29, 1.82) is 0 Å². The summed E-state index contributed by atoms with van der Waals surface area (Å²) in [5, 5.41) is 5.54. The maximum absolute atomic E-state index is 10.8. The van der Waals surface area contributed by atoms with Gasteiger partial charge < -0.3 is 5.32 Å². The van der Waals surface area contributed by atoms with Gasteiger partial charge >= 0.3 is 0 Å². The lowest BCUT2D eigenvalue weighted by Gasteiger charge is -2.04. The quantitative estimate of drug-likeness (QED) is 0.454. The minimum absolute atomic E-state index is 0.0313. The van der Waals surface area contributed by atoms with Crippen molar-refractivity contribution in [3.63, 3.8) is 0 Å². The maximum Gasteiger partial charge on any atom is 0.240 e. The summed E-state index contributed by atoms with van der Waals surface area (Å²) < 4.78 is 0. The lowest BCUT2D eigenvalue weighted by atomic mass is 10.3. The molecular weight excluding hydrogens is 116 g/mol. The Morgan fingerprint density at radius 3 is 3.11 bits per heavy atom. The molecule has 1 unspecified atom stereocenters. The van der Waals surface area contributed by atoms with E-state index in [2.05, 4.69) is 10.6 Å². The summed E-state index contributed by atoms with van der Waals surface area (Å²) in [5.74, 6) is 0.0313. The zero-order chi connectivity index (χ0) is 6.69.